The first-order valence-electron chi connectivity index (χ1n) is 5.22. The largest absolute Gasteiger partial charge is 0.144 e. The monoisotopic (exact) mass is 241 g/mol. The van der Waals surface area contributed by atoms with E-state index >= 15 is 0 Å². The highest BCUT2D eigenvalue weighted by Gasteiger charge is 2.04. The van der Waals surface area contributed by atoms with Crippen LogP contribution in [-0.2, 0) is 0 Å². The van der Waals surface area contributed by atoms with Gasteiger partial charge in [0.05, 0.1) is 0 Å². The molecule has 1 aromatic heterocycles. The smallest absolute Gasteiger partial charge is 0.0449 e. The molecule has 0 aliphatic heterocycles. The lowest BCUT2D eigenvalue weighted by molar-refractivity contribution is 1.21. The zero-order valence-corrected chi connectivity index (χ0v) is 9.97. The van der Waals surface area contributed by atoms with E-state index in [0.29, 0.717) is 6.54 Å². The molecule has 84 valence electrons. The second kappa shape index (κ2) is 5.89. The number of thiophene rings is 1. The zero-order chi connectivity index (χ0) is 11.9. The lowest BCUT2D eigenvalue weighted by atomic mass is 10.0. The Morgan fingerprint density at radius 1 is 1.24 bits per heavy atom. The SMILES string of the molecule is [N-]=[N+]=NC/C=C(\c1ccccc1)c1cccs1. The van der Waals surface area contributed by atoms with Gasteiger partial charge in [-0.2, -0.15) is 0 Å². The van der Waals surface area contributed by atoms with Crippen molar-refractivity contribution in [1.29, 1.82) is 0 Å². The first-order chi connectivity index (χ1) is 8.42. The third-order valence-corrected chi connectivity index (χ3v) is 3.21. The normalized spacial score (nSPS) is 10.9. The van der Waals surface area contributed by atoms with Crippen molar-refractivity contribution in [2.45, 2.75) is 0 Å². The molecule has 0 aliphatic carbocycles. The van der Waals surface area contributed by atoms with E-state index in [2.05, 4.69) is 28.2 Å². The van der Waals surface area contributed by atoms with Crippen molar-refractivity contribution in [3.63, 3.8) is 0 Å². The Hall–Kier alpha value is -2.03. The molecular weight excluding hydrogens is 230 g/mol. The van der Waals surface area contributed by atoms with Gasteiger partial charge < -0.3 is 0 Å². The van der Waals surface area contributed by atoms with Crippen LogP contribution >= 0.6 is 11.3 Å². The highest BCUT2D eigenvalue weighted by molar-refractivity contribution is 7.11. The minimum Gasteiger partial charge on any atom is -0.144 e. The summed E-state index contributed by atoms with van der Waals surface area (Å²) >= 11 is 1.68. The molecule has 0 bridgehead atoms. The summed E-state index contributed by atoms with van der Waals surface area (Å²) in [5, 5.41) is 5.60. The van der Waals surface area contributed by atoms with Crippen molar-refractivity contribution in [3.05, 3.63) is 74.8 Å². The van der Waals surface area contributed by atoms with Crippen molar-refractivity contribution in [1.82, 2.24) is 0 Å². The predicted molar refractivity (Wildman–Crippen MR) is 71.9 cm³/mol. The lowest BCUT2D eigenvalue weighted by Gasteiger charge is -2.04. The van der Waals surface area contributed by atoms with Gasteiger partial charge in [-0.3, -0.25) is 0 Å². The van der Waals surface area contributed by atoms with Crippen molar-refractivity contribution in [2.24, 2.45) is 5.11 Å². The fourth-order valence-electron chi connectivity index (χ4n) is 1.58. The van der Waals surface area contributed by atoms with E-state index in [1.165, 1.54) is 4.88 Å². The summed E-state index contributed by atoms with van der Waals surface area (Å²) < 4.78 is 0. The van der Waals surface area contributed by atoms with E-state index in [4.69, 9.17) is 5.53 Å². The average molecular weight is 241 g/mol. The maximum atomic E-state index is 8.31. The van der Waals surface area contributed by atoms with E-state index in [1.54, 1.807) is 11.3 Å². The van der Waals surface area contributed by atoms with Crippen LogP contribution in [-0.4, -0.2) is 6.54 Å². The van der Waals surface area contributed by atoms with Gasteiger partial charge in [-0.15, -0.1) is 11.3 Å². The first kappa shape index (κ1) is 11.5. The fraction of sp³-hybridized carbons (Fsp3) is 0.0769. The van der Waals surface area contributed by atoms with Crippen LogP contribution in [0.25, 0.3) is 16.0 Å². The quantitative estimate of drug-likeness (QED) is 0.430. The van der Waals surface area contributed by atoms with E-state index < -0.39 is 0 Å². The van der Waals surface area contributed by atoms with Crippen LogP contribution in [0.3, 0.4) is 0 Å². The molecule has 0 amide bonds. The molecule has 0 unspecified atom stereocenters. The summed E-state index contributed by atoms with van der Waals surface area (Å²) in [6.45, 7) is 0.374. The molecule has 0 aliphatic rings. The van der Waals surface area contributed by atoms with Crippen LogP contribution in [0.4, 0.5) is 0 Å². The standard InChI is InChI=1S/C13H11N3S/c14-16-15-9-8-12(13-7-4-10-17-13)11-5-2-1-3-6-11/h1-8,10H,9H2/b12-8+. The lowest BCUT2D eigenvalue weighted by Crippen LogP contribution is -1.85. The van der Waals surface area contributed by atoms with Crippen molar-refractivity contribution in [2.75, 3.05) is 6.54 Å². The van der Waals surface area contributed by atoms with Gasteiger partial charge >= 0.3 is 0 Å². The number of benzene rings is 1. The molecule has 1 heterocycles. The average Bonchev–Trinajstić information content (AvgIpc) is 2.89. The second-order valence-corrected chi connectivity index (χ2v) is 4.32. The van der Waals surface area contributed by atoms with Gasteiger partial charge in [0.1, 0.15) is 0 Å². The van der Waals surface area contributed by atoms with Gasteiger partial charge in [0.2, 0.25) is 0 Å². The number of nitrogens with zero attached hydrogens (tertiary/aromatic N) is 3. The van der Waals surface area contributed by atoms with Gasteiger partial charge in [-0.05, 0) is 28.1 Å². The molecule has 0 saturated carbocycles. The molecule has 2 rings (SSSR count). The third kappa shape index (κ3) is 2.97. The molecule has 0 atom stereocenters. The maximum absolute atomic E-state index is 8.31. The predicted octanol–water partition coefficient (Wildman–Crippen LogP) is 4.49. The second-order valence-electron chi connectivity index (χ2n) is 3.37. The Morgan fingerprint density at radius 2 is 2.06 bits per heavy atom. The number of hydrogen-bond donors (Lipinski definition) is 0. The van der Waals surface area contributed by atoms with Crippen molar-refractivity contribution in [3.8, 4) is 0 Å². The van der Waals surface area contributed by atoms with E-state index in [0.717, 1.165) is 11.1 Å². The molecule has 4 heteroatoms. The van der Waals surface area contributed by atoms with E-state index in [-0.39, 0.29) is 0 Å². The minimum absolute atomic E-state index is 0.374. The zero-order valence-electron chi connectivity index (χ0n) is 9.15. The molecule has 3 nitrogen and oxygen atoms in total. The Balaban J connectivity index is 2.38. The summed E-state index contributed by atoms with van der Waals surface area (Å²) in [5.74, 6) is 0. The Labute approximate surface area is 104 Å². The summed E-state index contributed by atoms with van der Waals surface area (Å²) in [6.07, 6.45) is 1.96. The highest BCUT2D eigenvalue weighted by atomic mass is 32.1. The number of rotatable bonds is 4. The molecular formula is C13H11N3S. The maximum Gasteiger partial charge on any atom is 0.0449 e. The molecule has 0 radical (unpaired) electrons. The summed E-state index contributed by atoms with van der Waals surface area (Å²) in [5.41, 5.74) is 10.6. The Bertz CT molecular complexity index is 537. The Morgan fingerprint density at radius 3 is 2.71 bits per heavy atom. The molecule has 0 saturated heterocycles. The number of hydrogen-bond acceptors (Lipinski definition) is 2. The summed E-state index contributed by atoms with van der Waals surface area (Å²) in [7, 11) is 0. The minimum atomic E-state index is 0.374. The van der Waals surface area contributed by atoms with E-state index in [9.17, 15) is 0 Å². The molecule has 0 N–H and O–H groups in total. The van der Waals surface area contributed by atoms with Crippen molar-refractivity contribution >= 4 is 16.9 Å². The fourth-order valence-corrected chi connectivity index (χ4v) is 2.37. The molecule has 1 aromatic carbocycles. The molecule has 17 heavy (non-hydrogen) atoms. The first-order valence-corrected chi connectivity index (χ1v) is 6.10. The van der Waals surface area contributed by atoms with Crippen LogP contribution in [0.2, 0.25) is 0 Å². The van der Waals surface area contributed by atoms with E-state index in [1.807, 2.05) is 35.7 Å². The summed E-state index contributed by atoms with van der Waals surface area (Å²) in [6, 6.07) is 14.2. The van der Waals surface area contributed by atoms with Crippen molar-refractivity contribution < 1.29 is 0 Å². The van der Waals surface area contributed by atoms with Gasteiger partial charge in [-0.1, -0.05) is 47.6 Å². The summed E-state index contributed by atoms with van der Waals surface area (Å²) in [4.78, 5) is 3.95. The Kier molecular flexibility index (Phi) is 3.97. The highest BCUT2D eigenvalue weighted by Crippen LogP contribution is 2.26. The topological polar surface area (TPSA) is 48.8 Å². The van der Waals surface area contributed by atoms with Gasteiger partial charge in [0, 0.05) is 16.3 Å². The van der Waals surface area contributed by atoms with Gasteiger partial charge in [-0.25, -0.2) is 0 Å². The van der Waals surface area contributed by atoms with Crippen LogP contribution in [0, 0.1) is 0 Å². The van der Waals surface area contributed by atoms with Crippen LogP contribution in [0.15, 0.2) is 59.0 Å². The molecule has 0 spiro atoms. The molecule has 2 aromatic rings. The van der Waals surface area contributed by atoms with Crippen LogP contribution < -0.4 is 0 Å². The van der Waals surface area contributed by atoms with Gasteiger partial charge in [0.25, 0.3) is 0 Å². The van der Waals surface area contributed by atoms with Gasteiger partial charge in [0.15, 0.2) is 0 Å². The van der Waals surface area contributed by atoms with Crippen LogP contribution in [0.5, 0.6) is 0 Å². The van der Waals surface area contributed by atoms with Crippen LogP contribution in [0.1, 0.15) is 10.4 Å². The third-order valence-electron chi connectivity index (χ3n) is 2.31. The molecule has 0 fully saturated rings. The number of azide groups is 1.